The van der Waals surface area contributed by atoms with E-state index in [1.165, 1.54) is 5.69 Å². The normalized spacial score (nSPS) is 17.6. The number of rotatable bonds is 4. The molecule has 2 aliphatic rings. The topological polar surface area (TPSA) is 59.6 Å². The summed E-state index contributed by atoms with van der Waals surface area (Å²) >= 11 is 0. The standard InChI is InChI=1S/C18H24FN5O/c1-22-16-3-5-24(12-10-23(11-12)6-4-19)17-8-18(25-2)15(20)7-13(17)14(16)9-21-22/h7-9,12H,3-6,10-11,20H2,1-2H3. The summed E-state index contributed by atoms with van der Waals surface area (Å²) in [5.74, 6) is 0.691. The maximum absolute atomic E-state index is 12.6. The Kier molecular flexibility index (Phi) is 4.03. The van der Waals surface area contributed by atoms with Gasteiger partial charge < -0.3 is 15.4 Å². The van der Waals surface area contributed by atoms with Crippen LogP contribution in [0.3, 0.4) is 0 Å². The smallest absolute Gasteiger partial charge is 0.143 e. The quantitative estimate of drug-likeness (QED) is 0.855. The van der Waals surface area contributed by atoms with E-state index in [1.807, 2.05) is 30.1 Å². The molecule has 1 fully saturated rings. The summed E-state index contributed by atoms with van der Waals surface area (Å²) in [5.41, 5.74) is 11.4. The average molecular weight is 345 g/mol. The molecule has 134 valence electrons. The molecule has 6 nitrogen and oxygen atoms in total. The van der Waals surface area contributed by atoms with E-state index in [4.69, 9.17) is 10.5 Å². The molecule has 0 saturated carbocycles. The molecule has 1 aromatic carbocycles. The molecule has 2 aromatic rings. The summed E-state index contributed by atoms with van der Waals surface area (Å²) in [4.78, 5) is 4.57. The molecule has 0 aliphatic carbocycles. The number of fused-ring (bicyclic) bond motifs is 3. The first-order chi connectivity index (χ1) is 12.1. The lowest BCUT2D eigenvalue weighted by Gasteiger charge is -2.46. The fourth-order valence-electron chi connectivity index (χ4n) is 3.97. The predicted molar refractivity (Wildman–Crippen MR) is 96.9 cm³/mol. The van der Waals surface area contributed by atoms with Crippen LogP contribution in [0.2, 0.25) is 0 Å². The lowest BCUT2D eigenvalue weighted by molar-refractivity contribution is 0.134. The molecule has 0 atom stereocenters. The SMILES string of the molecule is COc1cc2c(cc1N)-c1cnn(C)c1CCN2C1CN(CCF)C1. The van der Waals surface area contributed by atoms with E-state index < -0.39 is 0 Å². The number of nitrogen functional groups attached to an aromatic ring is 1. The second kappa shape index (κ2) is 6.22. The van der Waals surface area contributed by atoms with Crippen LogP contribution in [0.1, 0.15) is 5.69 Å². The number of anilines is 2. The Hall–Kier alpha value is -2.28. The summed E-state index contributed by atoms with van der Waals surface area (Å²) in [6.07, 6.45) is 2.84. The van der Waals surface area contributed by atoms with E-state index in [-0.39, 0.29) is 6.67 Å². The zero-order chi connectivity index (χ0) is 17.6. The van der Waals surface area contributed by atoms with Crippen LogP contribution in [-0.2, 0) is 13.5 Å². The number of hydrogen-bond acceptors (Lipinski definition) is 5. The van der Waals surface area contributed by atoms with Gasteiger partial charge in [-0.3, -0.25) is 9.58 Å². The second-order valence-corrected chi connectivity index (χ2v) is 6.79. The van der Waals surface area contributed by atoms with Crippen molar-refractivity contribution in [1.82, 2.24) is 14.7 Å². The number of ether oxygens (including phenoxy) is 1. The van der Waals surface area contributed by atoms with Gasteiger partial charge in [0, 0.05) is 68.2 Å². The number of aromatic nitrogens is 2. The van der Waals surface area contributed by atoms with E-state index in [1.54, 1.807) is 7.11 Å². The number of benzene rings is 1. The molecule has 0 radical (unpaired) electrons. The largest absolute Gasteiger partial charge is 0.495 e. The highest BCUT2D eigenvalue weighted by Gasteiger charge is 2.35. The third-order valence-electron chi connectivity index (χ3n) is 5.38. The fraction of sp³-hybridized carbons (Fsp3) is 0.500. The summed E-state index contributed by atoms with van der Waals surface area (Å²) in [7, 11) is 3.62. The number of halogens is 1. The van der Waals surface area contributed by atoms with Crippen molar-refractivity contribution in [2.75, 3.05) is 50.6 Å². The van der Waals surface area contributed by atoms with Gasteiger partial charge in [0.05, 0.1) is 25.0 Å². The van der Waals surface area contributed by atoms with Gasteiger partial charge in [-0.15, -0.1) is 0 Å². The molecule has 0 spiro atoms. The molecule has 1 saturated heterocycles. The molecule has 2 N–H and O–H groups in total. The molecule has 3 heterocycles. The predicted octanol–water partition coefficient (Wildman–Crippen LogP) is 1.69. The van der Waals surface area contributed by atoms with Crippen LogP contribution in [0.5, 0.6) is 5.75 Å². The number of hydrogen-bond donors (Lipinski definition) is 1. The van der Waals surface area contributed by atoms with Crippen molar-refractivity contribution in [3.05, 3.63) is 24.0 Å². The van der Waals surface area contributed by atoms with Crippen molar-refractivity contribution in [2.24, 2.45) is 7.05 Å². The van der Waals surface area contributed by atoms with Gasteiger partial charge in [-0.2, -0.15) is 5.10 Å². The van der Waals surface area contributed by atoms with Crippen LogP contribution >= 0.6 is 0 Å². The lowest BCUT2D eigenvalue weighted by Crippen LogP contribution is -2.60. The molecule has 0 bridgehead atoms. The minimum Gasteiger partial charge on any atom is -0.495 e. The third-order valence-corrected chi connectivity index (χ3v) is 5.38. The first kappa shape index (κ1) is 16.2. The van der Waals surface area contributed by atoms with Crippen molar-refractivity contribution >= 4 is 11.4 Å². The average Bonchev–Trinajstić information content (AvgIpc) is 2.85. The summed E-state index contributed by atoms with van der Waals surface area (Å²) < 4.78 is 20.0. The minimum absolute atomic E-state index is 0.287. The molecule has 0 unspecified atom stereocenters. The zero-order valence-electron chi connectivity index (χ0n) is 14.7. The van der Waals surface area contributed by atoms with Gasteiger partial charge in [0.25, 0.3) is 0 Å². The minimum atomic E-state index is -0.287. The number of aryl methyl sites for hydroxylation is 1. The maximum Gasteiger partial charge on any atom is 0.143 e. The summed E-state index contributed by atoms with van der Waals surface area (Å²) in [6, 6.07) is 4.41. The Morgan fingerprint density at radius 2 is 2.12 bits per heavy atom. The van der Waals surface area contributed by atoms with Gasteiger partial charge in [0.1, 0.15) is 12.4 Å². The zero-order valence-corrected chi connectivity index (χ0v) is 14.7. The van der Waals surface area contributed by atoms with Crippen molar-refractivity contribution < 1.29 is 9.13 Å². The summed E-state index contributed by atoms with van der Waals surface area (Å²) in [5, 5.41) is 4.43. The van der Waals surface area contributed by atoms with Crippen LogP contribution < -0.4 is 15.4 Å². The van der Waals surface area contributed by atoms with Crippen molar-refractivity contribution in [3.8, 4) is 16.9 Å². The number of likely N-dealkylation sites (tertiary alicyclic amines) is 1. The van der Waals surface area contributed by atoms with Crippen LogP contribution in [0.15, 0.2) is 18.3 Å². The molecule has 2 aliphatic heterocycles. The van der Waals surface area contributed by atoms with E-state index in [0.717, 1.165) is 42.9 Å². The van der Waals surface area contributed by atoms with E-state index in [0.29, 0.717) is 24.0 Å². The fourth-order valence-corrected chi connectivity index (χ4v) is 3.97. The highest BCUT2D eigenvalue weighted by molar-refractivity contribution is 5.86. The van der Waals surface area contributed by atoms with Crippen molar-refractivity contribution in [1.29, 1.82) is 0 Å². The Morgan fingerprint density at radius 1 is 1.32 bits per heavy atom. The maximum atomic E-state index is 12.6. The Bertz CT molecular complexity index is 784. The van der Waals surface area contributed by atoms with Crippen molar-refractivity contribution in [2.45, 2.75) is 12.5 Å². The third kappa shape index (κ3) is 2.63. The number of nitrogens with two attached hydrogens (primary N) is 1. The van der Waals surface area contributed by atoms with Gasteiger partial charge in [0.15, 0.2) is 0 Å². The van der Waals surface area contributed by atoms with Gasteiger partial charge in [-0.25, -0.2) is 4.39 Å². The van der Waals surface area contributed by atoms with E-state index in [2.05, 4.69) is 14.9 Å². The van der Waals surface area contributed by atoms with Crippen LogP contribution in [0.4, 0.5) is 15.8 Å². The van der Waals surface area contributed by atoms with Crippen LogP contribution in [0, 0.1) is 0 Å². The monoisotopic (exact) mass is 345 g/mol. The molecule has 25 heavy (non-hydrogen) atoms. The summed E-state index contributed by atoms with van der Waals surface area (Å²) in [6.45, 7) is 2.92. The molecular formula is C18H24FN5O. The van der Waals surface area contributed by atoms with Gasteiger partial charge in [-0.1, -0.05) is 0 Å². The van der Waals surface area contributed by atoms with Crippen LogP contribution in [-0.4, -0.2) is 60.7 Å². The van der Waals surface area contributed by atoms with Gasteiger partial charge in [-0.05, 0) is 6.07 Å². The second-order valence-electron chi connectivity index (χ2n) is 6.79. The number of nitrogens with zero attached hydrogens (tertiary/aromatic N) is 4. The lowest BCUT2D eigenvalue weighted by atomic mass is 10.0. The Labute approximate surface area is 147 Å². The van der Waals surface area contributed by atoms with Gasteiger partial charge >= 0.3 is 0 Å². The molecule has 1 aromatic heterocycles. The molecule has 4 rings (SSSR count). The first-order valence-corrected chi connectivity index (χ1v) is 8.66. The van der Waals surface area contributed by atoms with E-state index >= 15 is 0 Å². The molecule has 7 heteroatoms. The van der Waals surface area contributed by atoms with Crippen molar-refractivity contribution in [3.63, 3.8) is 0 Å². The number of methoxy groups -OCH3 is 1. The van der Waals surface area contributed by atoms with Gasteiger partial charge in [0.2, 0.25) is 0 Å². The Morgan fingerprint density at radius 3 is 2.84 bits per heavy atom. The number of alkyl halides is 1. The molecule has 0 amide bonds. The first-order valence-electron chi connectivity index (χ1n) is 8.66. The van der Waals surface area contributed by atoms with E-state index in [9.17, 15) is 4.39 Å². The highest BCUT2D eigenvalue weighted by atomic mass is 19.1. The Balaban J connectivity index is 1.75. The highest BCUT2D eigenvalue weighted by Crippen LogP contribution is 2.42. The van der Waals surface area contributed by atoms with Crippen LogP contribution in [0.25, 0.3) is 11.1 Å². The molecular weight excluding hydrogens is 321 g/mol.